The molecule has 0 radical (unpaired) electrons. The number of rotatable bonds is 4. The average molecular weight is 270 g/mol. The third kappa shape index (κ3) is 3.60. The summed E-state index contributed by atoms with van der Waals surface area (Å²) >= 11 is 0. The van der Waals surface area contributed by atoms with E-state index in [1.54, 1.807) is 24.3 Å². The van der Waals surface area contributed by atoms with Gasteiger partial charge in [-0.3, -0.25) is 0 Å². The first-order valence-corrected chi connectivity index (χ1v) is 6.61. The van der Waals surface area contributed by atoms with Gasteiger partial charge >= 0.3 is 5.97 Å². The van der Waals surface area contributed by atoms with Crippen LogP contribution in [-0.2, 0) is 0 Å². The van der Waals surface area contributed by atoms with Crippen LogP contribution < -0.4 is 9.47 Å². The van der Waals surface area contributed by atoms with E-state index in [0.29, 0.717) is 17.1 Å². The minimum absolute atomic E-state index is 0.00270. The fourth-order valence-corrected chi connectivity index (χ4v) is 1.83. The zero-order valence-electron chi connectivity index (χ0n) is 11.9. The second-order valence-electron chi connectivity index (χ2n) is 4.87. The molecule has 0 fully saturated rings. The molecule has 0 saturated carbocycles. The molecular formula is C17H18O3. The fraction of sp³-hybridized carbons (Fsp3) is 0.235. The van der Waals surface area contributed by atoms with Gasteiger partial charge in [0.25, 0.3) is 0 Å². The Morgan fingerprint density at radius 1 is 1.05 bits per heavy atom. The van der Waals surface area contributed by atoms with Gasteiger partial charge in [0.1, 0.15) is 17.1 Å². The standard InChI is InChI=1S/C17H18O3/c1-12(2)19-16-10-5-4-9-15(16)17(18)20-14-8-6-7-13(3)11-14/h4-12H,1-3H3. The molecule has 0 unspecified atom stereocenters. The Kier molecular flexibility index (Phi) is 4.41. The minimum atomic E-state index is -0.410. The Hall–Kier alpha value is -2.29. The molecule has 0 spiro atoms. The van der Waals surface area contributed by atoms with Gasteiger partial charge < -0.3 is 9.47 Å². The minimum Gasteiger partial charge on any atom is -0.490 e. The number of benzene rings is 2. The van der Waals surface area contributed by atoms with Gasteiger partial charge in [-0.05, 0) is 50.6 Å². The molecule has 0 aliphatic rings. The first-order chi connectivity index (χ1) is 9.56. The van der Waals surface area contributed by atoms with E-state index in [-0.39, 0.29) is 6.10 Å². The number of hydrogen-bond acceptors (Lipinski definition) is 3. The largest absolute Gasteiger partial charge is 0.490 e. The molecule has 0 N–H and O–H groups in total. The molecule has 3 heteroatoms. The second kappa shape index (κ2) is 6.24. The molecule has 0 heterocycles. The van der Waals surface area contributed by atoms with Gasteiger partial charge in [-0.2, -0.15) is 0 Å². The van der Waals surface area contributed by atoms with Crippen LogP contribution in [-0.4, -0.2) is 12.1 Å². The van der Waals surface area contributed by atoms with Crippen LogP contribution >= 0.6 is 0 Å². The second-order valence-corrected chi connectivity index (χ2v) is 4.87. The Bertz CT molecular complexity index is 603. The molecule has 2 rings (SSSR count). The number of esters is 1. The van der Waals surface area contributed by atoms with E-state index >= 15 is 0 Å². The van der Waals surface area contributed by atoms with E-state index in [9.17, 15) is 4.79 Å². The number of aryl methyl sites for hydroxylation is 1. The Morgan fingerprint density at radius 2 is 1.80 bits per heavy atom. The van der Waals surface area contributed by atoms with Gasteiger partial charge in [-0.15, -0.1) is 0 Å². The van der Waals surface area contributed by atoms with Gasteiger partial charge in [0.2, 0.25) is 0 Å². The summed E-state index contributed by atoms with van der Waals surface area (Å²) in [6.07, 6.45) is 0.00270. The van der Waals surface area contributed by atoms with E-state index in [4.69, 9.17) is 9.47 Å². The highest BCUT2D eigenvalue weighted by molar-refractivity contribution is 5.94. The first-order valence-electron chi connectivity index (χ1n) is 6.61. The van der Waals surface area contributed by atoms with Crippen molar-refractivity contribution in [1.82, 2.24) is 0 Å². The summed E-state index contributed by atoms with van der Waals surface area (Å²) in [6, 6.07) is 14.5. The van der Waals surface area contributed by atoms with Crippen LogP contribution in [0.15, 0.2) is 48.5 Å². The van der Waals surface area contributed by atoms with Crippen LogP contribution in [0.1, 0.15) is 29.8 Å². The molecule has 0 aromatic heterocycles. The number of ether oxygens (including phenoxy) is 2. The summed E-state index contributed by atoms with van der Waals surface area (Å²) in [7, 11) is 0. The summed E-state index contributed by atoms with van der Waals surface area (Å²) in [5, 5.41) is 0. The topological polar surface area (TPSA) is 35.5 Å². The molecule has 104 valence electrons. The molecule has 0 aliphatic heterocycles. The van der Waals surface area contributed by atoms with Gasteiger partial charge in [0.05, 0.1) is 6.10 Å². The highest BCUT2D eigenvalue weighted by atomic mass is 16.5. The summed E-state index contributed by atoms with van der Waals surface area (Å²) in [5.74, 6) is 0.668. The van der Waals surface area contributed by atoms with Crippen molar-refractivity contribution < 1.29 is 14.3 Å². The van der Waals surface area contributed by atoms with Crippen molar-refractivity contribution in [2.45, 2.75) is 26.9 Å². The fourth-order valence-electron chi connectivity index (χ4n) is 1.83. The van der Waals surface area contributed by atoms with E-state index in [1.807, 2.05) is 45.0 Å². The SMILES string of the molecule is Cc1cccc(OC(=O)c2ccccc2OC(C)C)c1. The molecule has 0 aliphatic carbocycles. The molecule has 0 atom stereocenters. The van der Waals surface area contributed by atoms with E-state index in [2.05, 4.69) is 0 Å². The maximum Gasteiger partial charge on any atom is 0.347 e. The van der Waals surface area contributed by atoms with Crippen LogP contribution in [0.3, 0.4) is 0 Å². The lowest BCUT2D eigenvalue weighted by Gasteiger charge is -2.13. The first kappa shape index (κ1) is 14.1. The molecule has 2 aromatic carbocycles. The van der Waals surface area contributed by atoms with E-state index < -0.39 is 5.97 Å². The van der Waals surface area contributed by atoms with Crippen molar-refractivity contribution >= 4 is 5.97 Å². The summed E-state index contributed by atoms with van der Waals surface area (Å²) in [5.41, 5.74) is 1.48. The lowest BCUT2D eigenvalue weighted by molar-refractivity contribution is 0.0728. The van der Waals surface area contributed by atoms with Crippen molar-refractivity contribution in [2.75, 3.05) is 0 Å². The molecular weight excluding hydrogens is 252 g/mol. The molecule has 2 aromatic rings. The molecule has 0 amide bonds. The van der Waals surface area contributed by atoms with Crippen LogP contribution in [0, 0.1) is 6.92 Å². The Morgan fingerprint density at radius 3 is 2.50 bits per heavy atom. The van der Waals surface area contributed by atoms with Gasteiger partial charge in [0.15, 0.2) is 0 Å². The number of para-hydroxylation sites is 1. The van der Waals surface area contributed by atoms with Crippen LogP contribution in [0.2, 0.25) is 0 Å². The van der Waals surface area contributed by atoms with Gasteiger partial charge in [0, 0.05) is 0 Å². The van der Waals surface area contributed by atoms with E-state index in [0.717, 1.165) is 5.56 Å². The zero-order valence-corrected chi connectivity index (χ0v) is 11.9. The molecule has 0 saturated heterocycles. The van der Waals surface area contributed by atoms with Crippen LogP contribution in [0.4, 0.5) is 0 Å². The Labute approximate surface area is 119 Å². The predicted molar refractivity (Wildman–Crippen MR) is 78.3 cm³/mol. The van der Waals surface area contributed by atoms with Gasteiger partial charge in [-0.1, -0.05) is 24.3 Å². The smallest absolute Gasteiger partial charge is 0.347 e. The monoisotopic (exact) mass is 270 g/mol. The molecule has 3 nitrogen and oxygen atoms in total. The van der Waals surface area contributed by atoms with Crippen molar-refractivity contribution in [3.8, 4) is 11.5 Å². The maximum atomic E-state index is 12.2. The van der Waals surface area contributed by atoms with Crippen molar-refractivity contribution in [3.05, 3.63) is 59.7 Å². The Balaban J connectivity index is 2.21. The summed E-state index contributed by atoms with van der Waals surface area (Å²) < 4.78 is 11.0. The average Bonchev–Trinajstić information content (AvgIpc) is 2.38. The third-order valence-electron chi connectivity index (χ3n) is 2.67. The van der Waals surface area contributed by atoms with Crippen LogP contribution in [0.25, 0.3) is 0 Å². The molecule has 0 bridgehead atoms. The number of carbonyl (C=O) groups excluding carboxylic acids is 1. The lowest BCUT2D eigenvalue weighted by atomic mass is 10.2. The summed E-state index contributed by atoms with van der Waals surface area (Å²) in [6.45, 7) is 5.79. The quantitative estimate of drug-likeness (QED) is 0.622. The van der Waals surface area contributed by atoms with Crippen LogP contribution in [0.5, 0.6) is 11.5 Å². The highest BCUT2D eigenvalue weighted by Gasteiger charge is 2.15. The number of hydrogen-bond donors (Lipinski definition) is 0. The number of carbonyl (C=O) groups is 1. The van der Waals surface area contributed by atoms with Crippen molar-refractivity contribution in [3.63, 3.8) is 0 Å². The maximum absolute atomic E-state index is 12.2. The summed E-state index contributed by atoms with van der Waals surface area (Å²) in [4.78, 5) is 12.2. The van der Waals surface area contributed by atoms with E-state index in [1.165, 1.54) is 0 Å². The third-order valence-corrected chi connectivity index (χ3v) is 2.67. The molecule has 20 heavy (non-hydrogen) atoms. The highest BCUT2D eigenvalue weighted by Crippen LogP contribution is 2.22. The zero-order chi connectivity index (χ0) is 14.5. The predicted octanol–water partition coefficient (Wildman–Crippen LogP) is 4.00. The van der Waals surface area contributed by atoms with Gasteiger partial charge in [-0.25, -0.2) is 4.79 Å². The lowest BCUT2D eigenvalue weighted by Crippen LogP contribution is -2.13. The normalized spacial score (nSPS) is 10.4. The van der Waals surface area contributed by atoms with Crippen molar-refractivity contribution in [2.24, 2.45) is 0 Å². The van der Waals surface area contributed by atoms with Crippen molar-refractivity contribution in [1.29, 1.82) is 0 Å².